The van der Waals surface area contributed by atoms with Crippen molar-refractivity contribution < 1.29 is 9.47 Å². The van der Waals surface area contributed by atoms with Crippen molar-refractivity contribution in [3.05, 3.63) is 12.2 Å². The van der Waals surface area contributed by atoms with Crippen molar-refractivity contribution in [1.29, 1.82) is 0 Å². The summed E-state index contributed by atoms with van der Waals surface area (Å²) in [6.07, 6.45) is 3.74. The summed E-state index contributed by atoms with van der Waals surface area (Å²) in [4.78, 5) is 0. The number of halogens is 1. The molecule has 0 aromatic rings. The van der Waals surface area contributed by atoms with Crippen LogP contribution in [0, 0.1) is 0 Å². The fraction of sp³-hybridized carbons (Fsp3) is 0.667. The quantitative estimate of drug-likeness (QED) is 0.374. The topological polar surface area (TPSA) is 18.5 Å². The van der Waals surface area contributed by atoms with Gasteiger partial charge in [0.25, 0.3) is 0 Å². The lowest BCUT2D eigenvalue weighted by Gasteiger charge is -2.15. The van der Waals surface area contributed by atoms with Gasteiger partial charge in [-0.05, 0) is 6.08 Å². The standard InChI is InChI=1S/C6H7ClO2/c7-4-1-2-6-8-3-5(4)9-6/h1-2,4-6H,3H2/t4-,5+,6+/m0/s1. The molecule has 0 N–H and O–H groups in total. The van der Waals surface area contributed by atoms with Crippen LogP contribution < -0.4 is 0 Å². The molecule has 3 heteroatoms. The van der Waals surface area contributed by atoms with Crippen LogP contribution in [0.15, 0.2) is 12.2 Å². The summed E-state index contributed by atoms with van der Waals surface area (Å²) in [7, 11) is 0. The molecule has 0 radical (unpaired) electrons. The SMILES string of the molecule is Cl[C@H]1C=C[C@@H]2OC[C@H]1O2. The van der Waals surface area contributed by atoms with E-state index in [1.54, 1.807) is 0 Å². The van der Waals surface area contributed by atoms with Crippen LogP contribution in [-0.4, -0.2) is 24.4 Å². The van der Waals surface area contributed by atoms with E-state index in [0.29, 0.717) is 6.61 Å². The number of ether oxygens (including phenoxy) is 2. The van der Waals surface area contributed by atoms with Gasteiger partial charge in [-0.3, -0.25) is 0 Å². The molecule has 1 fully saturated rings. The maximum absolute atomic E-state index is 5.82. The zero-order chi connectivity index (χ0) is 6.27. The van der Waals surface area contributed by atoms with Crippen molar-refractivity contribution in [1.82, 2.24) is 0 Å². The Morgan fingerprint density at radius 2 is 2.33 bits per heavy atom. The Morgan fingerprint density at radius 3 is 3.11 bits per heavy atom. The third-order valence-corrected chi connectivity index (χ3v) is 1.97. The van der Waals surface area contributed by atoms with E-state index in [2.05, 4.69) is 0 Å². The molecular formula is C6H7ClO2. The van der Waals surface area contributed by atoms with Crippen LogP contribution in [0.2, 0.25) is 0 Å². The predicted molar refractivity (Wildman–Crippen MR) is 33.4 cm³/mol. The molecule has 0 aliphatic carbocycles. The second kappa shape index (κ2) is 1.97. The molecular weight excluding hydrogens is 140 g/mol. The molecule has 0 aromatic heterocycles. The molecule has 0 saturated carbocycles. The average molecular weight is 147 g/mol. The van der Waals surface area contributed by atoms with Crippen molar-refractivity contribution in [2.24, 2.45) is 0 Å². The van der Waals surface area contributed by atoms with Gasteiger partial charge >= 0.3 is 0 Å². The lowest BCUT2D eigenvalue weighted by Crippen LogP contribution is -2.25. The van der Waals surface area contributed by atoms with Crippen molar-refractivity contribution in [3.8, 4) is 0 Å². The van der Waals surface area contributed by atoms with Gasteiger partial charge in [0.05, 0.1) is 12.0 Å². The molecule has 0 spiro atoms. The van der Waals surface area contributed by atoms with Crippen LogP contribution in [-0.2, 0) is 9.47 Å². The normalized spacial score (nSPS) is 47.9. The largest absolute Gasteiger partial charge is 0.346 e. The van der Waals surface area contributed by atoms with Gasteiger partial charge in [-0.1, -0.05) is 6.08 Å². The number of alkyl halides is 1. The summed E-state index contributed by atoms with van der Waals surface area (Å²) in [6, 6.07) is 0. The van der Waals surface area contributed by atoms with Crippen LogP contribution in [0.4, 0.5) is 0 Å². The first-order chi connectivity index (χ1) is 4.36. The van der Waals surface area contributed by atoms with Crippen molar-refractivity contribution >= 4 is 11.6 Å². The van der Waals surface area contributed by atoms with Gasteiger partial charge in [0.2, 0.25) is 0 Å². The number of fused-ring (bicyclic) bond motifs is 2. The van der Waals surface area contributed by atoms with Crippen molar-refractivity contribution in [2.75, 3.05) is 6.61 Å². The number of hydrogen-bond acceptors (Lipinski definition) is 2. The van der Waals surface area contributed by atoms with Crippen molar-refractivity contribution in [2.45, 2.75) is 17.8 Å². The smallest absolute Gasteiger partial charge is 0.177 e. The Bertz CT molecular complexity index is 146. The van der Waals surface area contributed by atoms with E-state index in [-0.39, 0.29) is 17.8 Å². The van der Waals surface area contributed by atoms with Gasteiger partial charge in [-0.15, -0.1) is 11.6 Å². The van der Waals surface area contributed by atoms with Gasteiger partial charge in [-0.2, -0.15) is 0 Å². The van der Waals surface area contributed by atoms with Gasteiger partial charge in [-0.25, -0.2) is 0 Å². The molecule has 9 heavy (non-hydrogen) atoms. The highest BCUT2D eigenvalue weighted by molar-refractivity contribution is 6.22. The van der Waals surface area contributed by atoms with Gasteiger partial charge in [0.15, 0.2) is 6.29 Å². The minimum atomic E-state index is -0.120. The van der Waals surface area contributed by atoms with Crippen LogP contribution in [0.25, 0.3) is 0 Å². The fourth-order valence-corrected chi connectivity index (χ4v) is 1.25. The summed E-state index contributed by atoms with van der Waals surface area (Å²) in [5, 5.41) is 0.00347. The molecule has 2 aliphatic heterocycles. The Kier molecular flexibility index (Phi) is 1.25. The molecule has 2 bridgehead atoms. The monoisotopic (exact) mass is 146 g/mol. The fourth-order valence-electron chi connectivity index (χ4n) is 1.03. The van der Waals surface area contributed by atoms with Gasteiger partial charge in [0.1, 0.15) is 6.10 Å². The summed E-state index contributed by atoms with van der Waals surface area (Å²) >= 11 is 5.82. The third-order valence-electron chi connectivity index (χ3n) is 1.54. The Morgan fingerprint density at radius 1 is 1.44 bits per heavy atom. The molecule has 2 rings (SSSR count). The molecule has 2 heterocycles. The van der Waals surface area contributed by atoms with E-state index in [9.17, 15) is 0 Å². The van der Waals surface area contributed by atoms with E-state index in [0.717, 1.165) is 0 Å². The van der Waals surface area contributed by atoms with Gasteiger partial charge in [0, 0.05) is 0 Å². The first kappa shape index (κ1) is 5.71. The zero-order valence-corrected chi connectivity index (χ0v) is 5.54. The van der Waals surface area contributed by atoms with E-state index in [1.165, 1.54) is 0 Å². The summed E-state index contributed by atoms with van der Waals surface area (Å²) in [6.45, 7) is 0.631. The molecule has 0 amide bonds. The van der Waals surface area contributed by atoms with E-state index < -0.39 is 0 Å². The first-order valence-corrected chi connectivity index (χ1v) is 3.39. The average Bonchev–Trinajstić information content (AvgIpc) is 2.25. The van der Waals surface area contributed by atoms with E-state index in [1.807, 2.05) is 12.2 Å². The highest BCUT2D eigenvalue weighted by Gasteiger charge is 2.32. The second-order valence-electron chi connectivity index (χ2n) is 2.21. The Balaban J connectivity index is 2.19. The van der Waals surface area contributed by atoms with Crippen LogP contribution in [0.1, 0.15) is 0 Å². The predicted octanol–water partition coefficient (Wildman–Crippen LogP) is 0.905. The summed E-state index contributed by atoms with van der Waals surface area (Å²) in [5.74, 6) is 0. The molecule has 0 aromatic carbocycles. The second-order valence-corrected chi connectivity index (χ2v) is 2.71. The number of rotatable bonds is 0. The van der Waals surface area contributed by atoms with Crippen molar-refractivity contribution in [3.63, 3.8) is 0 Å². The van der Waals surface area contributed by atoms with E-state index >= 15 is 0 Å². The molecule has 3 atom stereocenters. The highest BCUT2D eigenvalue weighted by Crippen LogP contribution is 2.24. The zero-order valence-electron chi connectivity index (χ0n) is 4.79. The Hall–Kier alpha value is -0.0500. The van der Waals surface area contributed by atoms with Crippen LogP contribution in [0.5, 0.6) is 0 Å². The molecule has 2 aliphatic rings. The van der Waals surface area contributed by atoms with Crippen LogP contribution >= 0.6 is 11.6 Å². The molecule has 50 valence electrons. The highest BCUT2D eigenvalue weighted by atomic mass is 35.5. The summed E-state index contributed by atoms with van der Waals surface area (Å²) in [5.41, 5.74) is 0. The Labute approximate surface area is 58.4 Å². The maximum Gasteiger partial charge on any atom is 0.177 e. The van der Waals surface area contributed by atoms with Crippen LogP contribution in [0.3, 0.4) is 0 Å². The van der Waals surface area contributed by atoms with Gasteiger partial charge < -0.3 is 9.47 Å². The minimum absolute atomic E-state index is 0.00347. The lowest BCUT2D eigenvalue weighted by molar-refractivity contribution is -0.0239. The summed E-state index contributed by atoms with van der Waals surface area (Å²) < 4.78 is 10.4. The van der Waals surface area contributed by atoms with E-state index in [4.69, 9.17) is 21.1 Å². The lowest BCUT2D eigenvalue weighted by atomic mass is 10.2. The maximum atomic E-state index is 5.82. The molecule has 2 nitrogen and oxygen atoms in total. The minimum Gasteiger partial charge on any atom is -0.346 e. The molecule has 0 unspecified atom stereocenters. The first-order valence-electron chi connectivity index (χ1n) is 2.96. The molecule has 1 saturated heterocycles. The third kappa shape index (κ3) is 0.874. The number of hydrogen-bond donors (Lipinski definition) is 0.